The third kappa shape index (κ3) is 1.79. The quantitative estimate of drug-likeness (QED) is 0.314. The maximum atomic E-state index is 8.36. The molecule has 0 spiro atoms. The lowest BCUT2D eigenvalue weighted by atomic mass is 10.3. The van der Waals surface area contributed by atoms with Crippen molar-refractivity contribution < 1.29 is 0 Å². The Bertz CT molecular complexity index is 589. The number of rotatable bonds is 1. The van der Waals surface area contributed by atoms with Crippen LogP contribution in [0.25, 0.3) is 11.0 Å². The molecule has 0 bridgehead atoms. The highest BCUT2D eigenvalue weighted by atomic mass is 15.1. The number of hydrogen-bond donors (Lipinski definition) is 2. The van der Waals surface area contributed by atoms with Gasteiger partial charge >= 0.3 is 0 Å². The number of nitrogens with one attached hydrogen (secondary N) is 1. The molecular weight excluding hydrogens is 204 g/mol. The Balaban J connectivity index is 2.43. The fourth-order valence-corrected chi connectivity index (χ4v) is 1.41. The number of nitrogens with two attached hydrogens (primary N) is 1. The summed E-state index contributed by atoms with van der Waals surface area (Å²) in [6.45, 7) is 0. The van der Waals surface area contributed by atoms with Gasteiger partial charge in [0.2, 0.25) is 5.96 Å². The van der Waals surface area contributed by atoms with Crippen LogP contribution in [-0.2, 0) is 7.05 Å². The summed E-state index contributed by atoms with van der Waals surface area (Å²) in [5.41, 5.74) is 8.01. The Morgan fingerprint density at radius 1 is 1.62 bits per heavy atom. The number of aromatic nitrogens is 2. The first kappa shape index (κ1) is 9.98. The first-order valence-corrected chi connectivity index (χ1v) is 4.61. The minimum absolute atomic E-state index is 0.0732. The van der Waals surface area contributed by atoms with Gasteiger partial charge in [0.15, 0.2) is 6.19 Å². The van der Waals surface area contributed by atoms with E-state index in [4.69, 9.17) is 11.0 Å². The lowest BCUT2D eigenvalue weighted by Crippen LogP contribution is -2.26. The number of nitriles is 1. The molecule has 2 rings (SSSR count). The predicted molar refractivity (Wildman–Crippen MR) is 60.7 cm³/mol. The van der Waals surface area contributed by atoms with E-state index in [1.165, 1.54) is 0 Å². The van der Waals surface area contributed by atoms with Crippen LogP contribution in [0.4, 0.5) is 5.69 Å². The summed E-state index contributed by atoms with van der Waals surface area (Å²) in [6, 6.07) is 5.50. The SMILES string of the molecule is Cn1cnc2ccc(N=C(N)NC#N)cc21. The number of nitrogens with zero attached hydrogens (tertiary/aromatic N) is 4. The molecule has 0 aliphatic heterocycles. The van der Waals surface area contributed by atoms with Crippen LogP contribution in [0.3, 0.4) is 0 Å². The molecule has 0 aliphatic carbocycles. The van der Waals surface area contributed by atoms with Gasteiger partial charge < -0.3 is 10.3 Å². The summed E-state index contributed by atoms with van der Waals surface area (Å²) >= 11 is 0. The van der Waals surface area contributed by atoms with Crippen LogP contribution in [0.2, 0.25) is 0 Å². The van der Waals surface area contributed by atoms with Crippen molar-refractivity contribution in [2.24, 2.45) is 17.8 Å². The average Bonchev–Trinajstić information content (AvgIpc) is 2.61. The third-order valence-electron chi connectivity index (χ3n) is 2.14. The highest BCUT2D eigenvalue weighted by molar-refractivity contribution is 5.85. The normalized spacial score (nSPS) is 11.4. The number of fused-ring (bicyclic) bond motifs is 1. The molecule has 6 heteroatoms. The van der Waals surface area contributed by atoms with Crippen molar-refractivity contribution in [2.75, 3.05) is 0 Å². The van der Waals surface area contributed by atoms with Crippen LogP contribution >= 0.6 is 0 Å². The maximum Gasteiger partial charge on any atom is 0.207 e. The maximum absolute atomic E-state index is 8.36. The van der Waals surface area contributed by atoms with Crippen molar-refractivity contribution in [1.29, 1.82) is 5.26 Å². The Morgan fingerprint density at radius 3 is 3.19 bits per heavy atom. The molecule has 2 aromatic rings. The van der Waals surface area contributed by atoms with Gasteiger partial charge in [0.1, 0.15) is 0 Å². The number of hydrogen-bond acceptors (Lipinski definition) is 3. The second-order valence-electron chi connectivity index (χ2n) is 3.26. The van der Waals surface area contributed by atoms with Crippen LogP contribution in [0.1, 0.15) is 0 Å². The number of imidazole rings is 1. The topological polar surface area (TPSA) is 92.0 Å². The van der Waals surface area contributed by atoms with Crippen molar-refractivity contribution in [3.63, 3.8) is 0 Å². The Morgan fingerprint density at radius 2 is 2.44 bits per heavy atom. The van der Waals surface area contributed by atoms with E-state index in [2.05, 4.69) is 15.3 Å². The number of guanidine groups is 1. The molecule has 0 radical (unpaired) electrons. The first-order valence-electron chi connectivity index (χ1n) is 4.61. The van der Waals surface area contributed by atoms with Gasteiger partial charge in [-0.05, 0) is 18.2 Å². The van der Waals surface area contributed by atoms with E-state index in [1.54, 1.807) is 18.6 Å². The number of aryl methyl sites for hydroxylation is 1. The van der Waals surface area contributed by atoms with E-state index in [9.17, 15) is 0 Å². The number of benzene rings is 1. The number of aliphatic imine (C=N–C) groups is 1. The van der Waals surface area contributed by atoms with Gasteiger partial charge in [-0.2, -0.15) is 5.26 Å². The molecular formula is C10H10N6. The lowest BCUT2D eigenvalue weighted by molar-refractivity contribution is 0.947. The zero-order valence-electron chi connectivity index (χ0n) is 8.68. The van der Waals surface area contributed by atoms with Crippen LogP contribution in [0.15, 0.2) is 29.5 Å². The molecule has 1 heterocycles. The van der Waals surface area contributed by atoms with Crippen LogP contribution < -0.4 is 11.1 Å². The highest BCUT2D eigenvalue weighted by Crippen LogP contribution is 2.19. The minimum atomic E-state index is 0.0732. The summed E-state index contributed by atoms with van der Waals surface area (Å²) < 4.78 is 1.89. The molecule has 1 aromatic carbocycles. The van der Waals surface area contributed by atoms with Gasteiger partial charge in [0, 0.05) is 7.05 Å². The van der Waals surface area contributed by atoms with E-state index >= 15 is 0 Å². The van der Waals surface area contributed by atoms with E-state index < -0.39 is 0 Å². The molecule has 0 saturated heterocycles. The van der Waals surface area contributed by atoms with Crippen molar-refractivity contribution in [3.05, 3.63) is 24.5 Å². The van der Waals surface area contributed by atoms with E-state index in [-0.39, 0.29) is 5.96 Å². The van der Waals surface area contributed by atoms with Crippen molar-refractivity contribution >= 4 is 22.7 Å². The first-order chi connectivity index (χ1) is 7.70. The van der Waals surface area contributed by atoms with Gasteiger partial charge in [0.05, 0.1) is 23.0 Å². The van der Waals surface area contributed by atoms with Crippen LogP contribution in [0.5, 0.6) is 0 Å². The molecule has 3 N–H and O–H groups in total. The van der Waals surface area contributed by atoms with Crippen molar-refractivity contribution in [3.8, 4) is 6.19 Å². The second kappa shape index (κ2) is 3.90. The van der Waals surface area contributed by atoms with Gasteiger partial charge in [-0.15, -0.1) is 0 Å². The van der Waals surface area contributed by atoms with Gasteiger partial charge in [-0.3, -0.25) is 5.32 Å². The lowest BCUT2D eigenvalue weighted by Gasteiger charge is -1.98. The molecule has 0 unspecified atom stereocenters. The second-order valence-corrected chi connectivity index (χ2v) is 3.26. The molecule has 6 nitrogen and oxygen atoms in total. The molecule has 80 valence electrons. The predicted octanol–water partition coefficient (Wildman–Crippen LogP) is 0.590. The third-order valence-corrected chi connectivity index (χ3v) is 2.14. The Labute approximate surface area is 92.0 Å². The molecule has 0 fully saturated rings. The molecule has 16 heavy (non-hydrogen) atoms. The molecule has 0 aliphatic rings. The zero-order chi connectivity index (χ0) is 11.5. The summed E-state index contributed by atoms with van der Waals surface area (Å²) in [4.78, 5) is 8.23. The molecule has 1 aromatic heterocycles. The average molecular weight is 214 g/mol. The Kier molecular flexibility index (Phi) is 2.44. The smallest absolute Gasteiger partial charge is 0.207 e. The van der Waals surface area contributed by atoms with E-state index in [0.29, 0.717) is 5.69 Å². The summed E-state index contributed by atoms with van der Waals surface area (Å²) in [5.74, 6) is 0.0732. The fourth-order valence-electron chi connectivity index (χ4n) is 1.41. The van der Waals surface area contributed by atoms with Crippen LogP contribution in [-0.4, -0.2) is 15.5 Å². The molecule has 0 atom stereocenters. The molecule has 0 saturated carbocycles. The standard InChI is InChI=1S/C10H10N6/c1-16-6-14-8-3-2-7(4-9(8)16)15-10(12)13-5-11/h2-4,6H,1H3,(H3,12,13,15). The zero-order valence-corrected chi connectivity index (χ0v) is 8.68. The van der Waals surface area contributed by atoms with Crippen LogP contribution in [0, 0.1) is 11.5 Å². The van der Waals surface area contributed by atoms with Crippen molar-refractivity contribution in [1.82, 2.24) is 14.9 Å². The monoisotopic (exact) mass is 214 g/mol. The van der Waals surface area contributed by atoms with E-state index in [1.807, 2.05) is 23.7 Å². The van der Waals surface area contributed by atoms with Gasteiger partial charge in [-0.25, -0.2) is 9.98 Å². The summed E-state index contributed by atoms with van der Waals surface area (Å²) in [7, 11) is 1.90. The minimum Gasteiger partial charge on any atom is -0.369 e. The highest BCUT2D eigenvalue weighted by Gasteiger charge is 2.00. The Hall–Kier alpha value is -2.55. The van der Waals surface area contributed by atoms with Crippen molar-refractivity contribution in [2.45, 2.75) is 0 Å². The summed E-state index contributed by atoms with van der Waals surface area (Å²) in [6.07, 6.45) is 3.44. The molecule has 0 amide bonds. The van der Waals surface area contributed by atoms with E-state index in [0.717, 1.165) is 11.0 Å². The fraction of sp³-hybridized carbons (Fsp3) is 0.100. The van der Waals surface area contributed by atoms with Gasteiger partial charge in [-0.1, -0.05) is 0 Å². The largest absolute Gasteiger partial charge is 0.369 e. The summed E-state index contributed by atoms with van der Waals surface area (Å²) in [5, 5.41) is 10.6. The van der Waals surface area contributed by atoms with Gasteiger partial charge in [0.25, 0.3) is 0 Å².